The molecular weight excluding hydrogens is 338 g/mol. The Balaban J connectivity index is 2.41. The molecule has 0 spiro atoms. The van der Waals surface area contributed by atoms with Gasteiger partial charge in [-0.1, -0.05) is 0 Å². The maximum Gasteiger partial charge on any atom is 0.347 e. The molecule has 21 heavy (non-hydrogen) atoms. The van der Waals surface area contributed by atoms with Gasteiger partial charge in [-0.2, -0.15) is 0 Å². The summed E-state index contributed by atoms with van der Waals surface area (Å²) in [7, 11) is -7.37. The summed E-state index contributed by atoms with van der Waals surface area (Å²) in [5.74, 6) is -1.69. The van der Waals surface area contributed by atoms with Crippen molar-refractivity contribution in [3.05, 3.63) is 15.8 Å². The highest BCUT2D eigenvalue weighted by atomic mass is 32.2. The van der Waals surface area contributed by atoms with Crippen molar-refractivity contribution in [2.75, 3.05) is 11.5 Å². The summed E-state index contributed by atoms with van der Waals surface area (Å²) in [5, 5.41) is 10.5. The second-order valence-electron chi connectivity index (χ2n) is 5.39. The first-order valence-corrected chi connectivity index (χ1v) is 10.2. The van der Waals surface area contributed by atoms with Gasteiger partial charge in [-0.05, 0) is 31.2 Å². The normalized spacial score (nSPS) is 25.0. The fourth-order valence-electron chi connectivity index (χ4n) is 2.38. The molecule has 7 nitrogen and oxygen atoms in total. The Morgan fingerprint density at radius 1 is 1.48 bits per heavy atom. The molecule has 2 rings (SSSR count). The third kappa shape index (κ3) is 3.28. The van der Waals surface area contributed by atoms with Crippen molar-refractivity contribution in [2.45, 2.75) is 30.7 Å². The molecule has 0 radical (unpaired) electrons. The Morgan fingerprint density at radius 2 is 2.10 bits per heavy atom. The number of rotatable bonds is 4. The van der Waals surface area contributed by atoms with Gasteiger partial charge in [0.1, 0.15) is 9.77 Å². The largest absolute Gasteiger partial charge is 0.477 e. The summed E-state index contributed by atoms with van der Waals surface area (Å²) in [6, 6.07) is 0. The van der Waals surface area contributed by atoms with Crippen LogP contribution >= 0.6 is 11.3 Å². The van der Waals surface area contributed by atoms with E-state index in [1.807, 2.05) is 0 Å². The Hall–Kier alpha value is -0.970. The lowest BCUT2D eigenvalue weighted by atomic mass is 10.0. The number of carbonyl (C=O) groups is 1. The Kier molecular flexibility index (Phi) is 3.94. The van der Waals surface area contributed by atoms with Crippen LogP contribution in [-0.4, -0.2) is 45.0 Å². The number of hydrogen-bond donors (Lipinski definition) is 2. The van der Waals surface area contributed by atoms with Gasteiger partial charge in [0.25, 0.3) is 0 Å². The van der Waals surface area contributed by atoms with E-state index in [0.29, 0.717) is 5.56 Å². The smallest absolute Gasteiger partial charge is 0.347 e. The molecule has 1 aromatic rings. The highest BCUT2D eigenvalue weighted by molar-refractivity contribution is 7.92. The summed E-state index contributed by atoms with van der Waals surface area (Å²) < 4.78 is 50.3. The summed E-state index contributed by atoms with van der Waals surface area (Å²) >= 11 is 0.831. The summed E-state index contributed by atoms with van der Waals surface area (Å²) in [6.07, 6.45) is 0.167. The van der Waals surface area contributed by atoms with Gasteiger partial charge in [0, 0.05) is 5.54 Å². The highest BCUT2D eigenvalue weighted by Gasteiger charge is 2.42. The maximum absolute atomic E-state index is 12.4. The highest BCUT2D eigenvalue weighted by Crippen LogP contribution is 2.30. The van der Waals surface area contributed by atoms with Gasteiger partial charge < -0.3 is 5.11 Å². The Labute approximate surface area is 127 Å². The molecule has 2 N–H and O–H groups in total. The van der Waals surface area contributed by atoms with Crippen LogP contribution in [0.5, 0.6) is 0 Å². The van der Waals surface area contributed by atoms with Crippen LogP contribution in [0, 0.1) is 6.92 Å². The van der Waals surface area contributed by atoms with Gasteiger partial charge in [0.05, 0.1) is 11.5 Å². The van der Waals surface area contributed by atoms with Crippen molar-refractivity contribution in [1.29, 1.82) is 0 Å². The number of sulfonamides is 1. The molecule has 0 aromatic carbocycles. The molecule has 1 aliphatic rings. The van der Waals surface area contributed by atoms with E-state index >= 15 is 0 Å². The monoisotopic (exact) mass is 353 g/mol. The lowest BCUT2D eigenvalue weighted by molar-refractivity contribution is 0.0698. The average molecular weight is 353 g/mol. The number of carboxylic acids is 1. The zero-order valence-electron chi connectivity index (χ0n) is 11.4. The van der Waals surface area contributed by atoms with Crippen LogP contribution in [0.1, 0.15) is 28.6 Å². The average Bonchev–Trinajstić information content (AvgIpc) is 2.79. The number of aromatic carboxylic acids is 1. The van der Waals surface area contributed by atoms with E-state index in [9.17, 15) is 21.6 Å². The quantitative estimate of drug-likeness (QED) is 0.819. The van der Waals surface area contributed by atoms with Crippen LogP contribution in [0.25, 0.3) is 0 Å². The standard InChI is InChI=1S/C11H15NO6S3/c1-7-5-19-8(10(13)14)9(7)21(17,18)12-11(2)3-4-20(15,16)6-11/h5,12H,3-4,6H2,1-2H3,(H,13,14). The molecule has 1 aromatic heterocycles. The number of thiophene rings is 1. The van der Waals surface area contributed by atoms with Crippen LogP contribution < -0.4 is 4.72 Å². The second kappa shape index (κ2) is 5.04. The van der Waals surface area contributed by atoms with Gasteiger partial charge in [-0.3, -0.25) is 0 Å². The number of sulfone groups is 1. The van der Waals surface area contributed by atoms with Gasteiger partial charge in [0.2, 0.25) is 10.0 Å². The van der Waals surface area contributed by atoms with Crippen molar-refractivity contribution in [3.63, 3.8) is 0 Å². The second-order valence-corrected chi connectivity index (χ2v) is 10.1. The predicted octanol–water partition coefficient (Wildman–Crippen LogP) is 0.610. The van der Waals surface area contributed by atoms with Crippen molar-refractivity contribution >= 4 is 37.2 Å². The predicted molar refractivity (Wildman–Crippen MR) is 78.0 cm³/mol. The van der Waals surface area contributed by atoms with E-state index in [1.54, 1.807) is 0 Å². The van der Waals surface area contributed by atoms with Crippen LogP contribution in [0.2, 0.25) is 0 Å². The molecule has 1 unspecified atom stereocenters. The fraction of sp³-hybridized carbons (Fsp3) is 0.545. The van der Waals surface area contributed by atoms with E-state index < -0.39 is 31.4 Å². The minimum Gasteiger partial charge on any atom is -0.477 e. The first-order chi connectivity index (χ1) is 9.46. The van der Waals surface area contributed by atoms with Gasteiger partial charge in [-0.25, -0.2) is 26.4 Å². The van der Waals surface area contributed by atoms with E-state index in [0.717, 1.165) is 11.3 Å². The van der Waals surface area contributed by atoms with E-state index in [1.165, 1.54) is 19.2 Å². The molecule has 2 heterocycles. The molecule has 1 atom stereocenters. The number of hydrogen-bond acceptors (Lipinski definition) is 6. The lowest BCUT2D eigenvalue weighted by Gasteiger charge is -2.23. The molecule has 1 fully saturated rings. The van der Waals surface area contributed by atoms with Crippen molar-refractivity contribution in [2.24, 2.45) is 0 Å². The first kappa shape index (κ1) is 16.4. The van der Waals surface area contributed by atoms with Crippen LogP contribution in [0.4, 0.5) is 0 Å². The molecule has 0 bridgehead atoms. The summed E-state index contributed by atoms with van der Waals surface area (Å²) in [4.78, 5) is 10.6. The van der Waals surface area contributed by atoms with Crippen LogP contribution in [0.3, 0.4) is 0 Å². The third-order valence-corrected chi connectivity index (χ3v) is 8.21. The maximum atomic E-state index is 12.4. The molecule has 118 valence electrons. The SMILES string of the molecule is Cc1csc(C(=O)O)c1S(=O)(=O)NC1(C)CCS(=O)(=O)C1. The Morgan fingerprint density at radius 3 is 2.57 bits per heavy atom. The van der Waals surface area contributed by atoms with E-state index in [4.69, 9.17) is 5.11 Å². The van der Waals surface area contributed by atoms with Crippen molar-refractivity contribution < 1.29 is 26.7 Å². The molecular formula is C11H15NO6S3. The summed E-state index contributed by atoms with van der Waals surface area (Å²) in [6.45, 7) is 3.02. The topological polar surface area (TPSA) is 118 Å². The molecule has 0 saturated carbocycles. The molecule has 1 aliphatic heterocycles. The number of carboxylic acid groups (broad SMARTS) is 1. The lowest BCUT2D eigenvalue weighted by Crippen LogP contribution is -2.47. The minimum atomic E-state index is -4.10. The van der Waals surface area contributed by atoms with E-state index in [-0.39, 0.29) is 27.7 Å². The van der Waals surface area contributed by atoms with E-state index in [2.05, 4.69) is 4.72 Å². The van der Waals surface area contributed by atoms with Crippen molar-refractivity contribution in [1.82, 2.24) is 4.72 Å². The van der Waals surface area contributed by atoms with Crippen LogP contribution in [0.15, 0.2) is 10.3 Å². The van der Waals surface area contributed by atoms with Crippen molar-refractivity contribution in [3.8, 4) is 0 Å². The zero-order chi connectivity index (χ0) is 16.1. The molecule has 1 saturated heterocycles. The fourth-order valence-corrected chi connectivity index (χ4v) is 7.63. The molecule has 0 aliphatic carbocycles. The Bertz CT molecular complexity index is 792. The minimum absolute atomic E-state index is 0.0829. The van der Waals surface area contributed by atoms with Gasteiger partial charge >= 0.3 is 5.97 Å². The molecule has 10 heteroatoms. The first-order valence-electron chi connectivity index (χ1n) is 6.02. The number of aryl methyl sites for hydroxylation is 1. The number of nitrogens with one attached hydrogen (secondary N) is 1. The third-order valence-electron chi connectivity index (χ3n) is 3.26. The van der Waals surface area contributed by atoms with Gasteiger partial charge in [-0.15, -0.1) is 11.3 Å². The van der Waals surface area contributed by atoms with Crippen LogP contribution in [-0.2, 0) is 19.9 Å². The van der Waals surface area contributed by atoms with Gasteiger partial charge in [0.15, 0.2) is 9.84 Å². The molecule has 0 amide bonds. The summed E-state index contributed by atoms with van der Waals surface area (Å²) in [5.41, 5.74) is -0.781. The zero-order valence-corrected chi connectivity index (χ0v) is 13.9.